The van der Waals surface area contributed by atoms with E-state index in [4.69, 9.17) is 5.73 Å². The van der Waals surface area contributed by atoms with Crippen molar-refractivity contribution in [2.75, 3.05) is 6.54 Å². The van der Waals surface area contributed by atoms with E-state index < -0.39 is 11.6 Å². The number of benzene rings is 1. The van der Waals surface area contributed by atoms with Gasteiger partial charge in [0.1, 0.15) is 11.5 Å². The second-order valence-corrected chi connectivity index (χ2v) is 5.48. The maximum atomic E-state index is 13.6. The lowest BCUT2D eigenvalue weighted by molar-refractivity contribution is 0.103. The van der Waals surface area contributed by atoms with E-state index in [-0.39, 0.29) is 11.3 Å². The van der Waals surface area contributed by atoms with Crippen LogP contribution in [-0.2, 0) is 6.42 Å². The van der Waals surface area contributed by atoms with Gasteiger partial charge in [0.05, 0.1) is 10.6 Å². The standard InChI is InChI=1S/C12H10BrFN2OS/c13-7-1-2-9(14)8(5-7)12(17)10-6-18-11(16-10)3-4-15/h1-2,5-6H,3-4,15H2. The molecule has 0 radical (unpaired) electrons. The van der Waals surface area contributed by atoms with Crippen LogP contribution in [0.5, 0.6) is 0 Å². The Kier molecular flexibility index (Phi) is 4.21. The number of carbonyl (C=O) groups is 1. The molecule has 0 aliphatic rings. The van der Waals surface area contributed by atoms with E-state index in [1.165, 1.54) is 23.5 Å². The summed E-state index contributed by atoms with van der Waals surface area (Å²) in [6.07, 6.45) is 0.624. The molecule has 2 N–H and O–H groups in total. The van der Waals surface area contributed by atoms with Gasteiger partial charge in [0.2, 0.25) is 5.78 Å². The molecule has 0 aliphatic heterocycles. The number of halogens is 2. The summed E-state index contributed by atoms with van der Waals surface area (Å²) in [7, 11) is 0. The normalized spacial score (nSPS) is 10.6. The number of carbonyl (C=O) groups excluding carboxylic acids is 1. The highest BCUT2D eigenvalue weighted by Gasteiger charge is 2.17. The number of thiazole rings is 1. The highest BCUT2D eigenvalue weighted by Crippen LogP contribution is 2.20. The zero-order valence-corrected chi connectivity index (χ0v) is 11.7. The third-order valence-corrected chi connectivity index (χ3v) is 3.72. The molecule has 0 saturated heterocycles. The molecular weight excluding hydrogens is 319 g/mol. The summed E-state index contributed by atoms with van der Waals surface area (Å²) in [5.41, 5.74) is 5.70. The summed E-state index contributed by atoms with van der Waals surface area (Å²) >= 11 is 4.58. The number of rotatable bonds is 4. The molecule has 1 aromatic carbocycles. The lowest BCUT2D eigenvalue weighted by atomic mass is 10.1. The van der Waals surface area contributed by atoms with Gasteiger partial charge in [0.15, 0.2) is 0 Å². The minimum Gasteiger partial charge on any atom is -0.330 e. The Morgan fingerprint density at radius 1 is 1.50 bits per heavy atom. The molecule has 0 fully saturated rings. The van der Waals surface area contributed by atoms with Crippen LogP contribution in [0.3, 0.4) is 0 Å². The van der Waals surface area contributed by atoms with E-state index in [0.717, 1.165) is 5.01 Å². The molecule has 0 aliphatic carbocycles. The van der Waals surface area contributed by atoms with Gasteiger partial charge in [0, 0.05) is 16.3 Å². The fourth-order valence-corrected chi connectivity index (χ4v) is 2.62. The van der Waals surface area contributed by atoms with Crippen LogP contribution >= 0.6 is 27.3 Å². The van der Waals surface area contributed by atoms with Crippen molar-refractivity contribution in [3.8, 4) is 0 Å². The smallest absolute Gasteiger partial charge is 0.215 e. The Morgan fingerprint density at radius 2 is 2.28 bits per heavy atom. The summed E-state index contributed by atoms with van der Waals surface area (Å²) in [5.74, 6) is -0.954. The molecule has 1 heterocycles. The van der Waals surface area contributed by atoms with Crippen LogP contribution in [0.4, 0.5) is 4.39 Å². The maximum Gasteiger partial charge on any atom is 0.215 e. The first kappa shape index (κ1) is 13.3. The van der Waals surface area contributed by atoms with Gasteiger partial charge in [-0.25, -0.2) is 9.37 Å². The molecule has 1 aromatic heterocycles. The third kappa shape index (κ3) is 2.82. The molecule has 2 aromatic rings. The first-order chi connectivity index (χ1) is 8.61. The molecule has 6 heteroatoms. The van der Waals surface area contributed by atoms with E-state index in [1.807, 2.05) is 0 Å². The van der Waals surface area contributed by atoms with Crippen molar-refractivity contribution in [2.24, 2.45) is 5.73 Å². The number of hydrogen-bond donors (Lipinski definition) is 1. The van der Waals surface area contributed by atoms with Crippen LogP contribution in [0.25, 0.3) is 0 Å². The van der Waals surface area contributed by atoms with Gasteiger partial charge in [-0.3, -0.25) is 4.79 Å². The summed E-state index contributed by atoms with van der Waals surface area (Å²) in [6, 6.07) is 4.26. The van der Waals surface area contributed by atoms with Crippen LogP contribution in [0.2, 0.25) is 0 Å². The van der Waals surface area contributed by atoms with Gasteiger partial charge in [0.25, 0.3) is 0 Å². The molecule has 2 rings (SSSR count). The number of nitrogens with two attached hydrogens (primary N) is 1. The monoisotopic (exact) mass is 328 g/mol. The molecule has 94 valence electrons. The fraction of sp³-hybridized carbons (Fsp3) is 0.167. The van der Waals surface area contributed by atoms with E-state index in [9.17, 15) is 9.18 Å². The molecule has 0 amide bonds. The van der Waals surface area contributed by atoms with E-state index in [1.54, 1.807) is 11.4 Å². The van der Waals surface area contributed by atoms with E-state index in [0.29, 0.717) is 17.4 Å². The molecule has 0 atom stereocenters. The van der Waals surface area contributed by atoms with Gasteiger partial charge >= 0.3 is 0 Å². The quantitative estimate of drug-likeness (QED) is 0.878. The fourth-order valence-electron chi connectivity index (χ4n) is 1.46. The highest BCUT2D eigenvalue weighted by atomic mass is 79.9. The van der Waals surface area contributed by atoms with Crippen molar-refractivity contribution in [2.45, 2.75) is 6.42 Å². The van der Waals surface area contributed by atoms with Crippen LogP contribution < -0.4 is 5.73 Å². The second kappa shape index (κ2) is 5.69. The van der Waals surface area contributed by atoms with Crippen molar-refractivity contribution < 1.29 is 9.18 Å². The SMILES string of the molecule is NCCc1nc(C(=O)c2cc(Br)ccc2F)cs1. The van der Waals surface area contributed by atoms with Crippen molar-refractivity contribution >= 4 is 33.0 Å². The Morgan fingerprint density at radius 3 is 3.00 bits per heavy atom. The Bertz CT molecular complexity index is 585. The van der Waals surface area contributed by atoms with Crippen molar-refractivity contribution in [1.29, 1.82) is 0 Å². The van der Waals surface area contributed by atoms with Crippen LogP contribution in [0.1, 0.15) is 21.1 Å². The maximum absolute atomic E-state index is 13.6. The zero-order chi connectivity index (χ0) is 13.1. The van der Waals surface area contributed by atoms with Crippen molar-refractivity contribution in [1.82, 2.24) is 4.98 Å². The Labute approximate surface area is 116 Å². The van der Waals surface area contributed by atoms with Crippen LogP contribution in [0, 0.1) is 5.82 Å². The number of nitrogens with zero attached hydrogens (tertiary/aromatic N) is 1. The molecule has 18 heavy (non-hydrogen) atoms. The summed E-state index contributed by atoms with van der Waals surface area (Å²) in [5, 5.41) is 2.42. The van der Waals surface area contributed by atoms with E-state index in [2.05, 4.69) is 20.9 Å². The second-order valence-electron chi connectivity index (χ2n) is 3.62. The minimum absolute atomic E-state index is 0.0222. The first-order valence-corrected chi connectivity index (χ1v) is 6.93. The van der Waals surface area contributed by atoms with Crippen molar-refractivity contribution in [3.63, 3.8) is 0 Å². The average Bonchev–Trinajstić information content (AvgIpc) is 2.80. The molecule has 0 unspecified atom stereocenters. The molecule has 0 bridgehead atoms. The third-order valence-electron chi connectivity index (χ3n) is 2.32. The predicted molar refractivity (Wildman–Crippen MR) is 72.4 cm³/mol. The topological polar surface area (TPSA) is 56.0 Å². The first-order valence-electron chi connectivity index (χ1n) is 5.26. The zero-order valence-electron chi connectivity index (χ0n) is 9.32. The van der Waals surface area contributed by atoms with Gasteiger partial charge in [-0.05, 0) is 24.7 Å². The Hall–Kier alpha value is -1.11. The summed E-state index contributed by atoms with van der Waals surface area (Å²) in [6.45, 7) is 0.479. The molecule has 3 nitrogen and oxygen atoms in total. The Balaban J connectivity index is 2.32. The lowest BCUT2D eigenvalue weighted by Gasteiger charge is -2.00. The number of aromatic nitrogens is 1. The summed E-state index contributed by atoms with van der Waals surface area (Å²) in [4.78, 5) is 16.2. The minimum atomic E-state index is -0.545. The van der Waals surface area contributed by atoms with Crippen LogP contribution in [-0.4, -0.2) is 17.3 Å². The van der Waals surface area contributed by atoms with Gasteiger partial charge in [-0.15, -0.1) is 11.3 Å². The highest BCUT2D eigenvalue weighted by molar-refractivity contribution is 9.10. The molecular formula is C12H10BrFN2OS. The van der Waals surface area contributed by atoms with Crippen molar-refractivity contribution in [3.05, 3.63) is 50.1 Å². The summed E-state index contributed by atoms with van der Waals surface area (Å²) < 4.78 is 14.2. The van der Waals surface area contributed by atoms with Crippen LogP contribution in [0.15, 0.2) is 28.1 Å². The number of hydrogen-bond acceptors (Lipinski definition) is 4. The molecule has 0 spiro atoms. The predicted octanol–water partition coefficient (Wildman–Crippen LogP) is 2.78. The number of ketones is 1. The van der Waals surface area contributed by atoms with Gasteiger partial charge < -0.3 is 5.73 Å². The lowest BCUT2D eigenvalue weighted by Crippen LogP contribution is -2.06. The van der Waals surface area contributed by atoms with Gasteiger partial charge in [-0.2, -0.15) is 0 Å². The van der Waals surface area contributed by atoms with Gasteiger partial charge in [-0.1, -0.05) is 15.9 Å². The largest absolute Gasteiger partial charge is 0.330 e. The average molecular weight is 329 g/mol. The molecule has 0 saturated carbocycles. The van der Waals surface area contributed by atoms with E-state index >= 15 is 0 Å².